The van der Waals surface area contributed by atoms with Crippen molar-refractivity contribution >= 4 is 21.7 Å². The highest BCUT2D eigenvalue weighted by Gasteiger charge is 2.26. The number of ketones is 1. The largest absolute Gasteiger partial charge is 0.370 e. The zero-order valence-corrected chi connectivity index (χ0v) is 9.59. The summed E-state index contributed by atoms with van der Waals surface area (Å²) >= 11 is 3.21. The number of Topliss-reactive ketones (excluding diaryl/α,β-unsaturated/α-hetero) is 1. The van der Waals surface area contributed by atoms with Crippen molar-refractivity contribution in [1.29, 1.82) is 0 Å². The van der Waals surface area contributed by atoms with Crippen LogP contribution in [0.2, 0.25) is 0 Å². The number of hydrogen-bond acceptors (Lipinski definition) is 2. The molecule has 1 heterocycles. The fraction of sp³-hybridized carbons (Fsp3) is 0.364. The number of rotatable bonds is 2. The SMILES string of the molecule is O=C(c1cc(Br)ccc1F)C1CCCO1. The maximum Gasteiger partial charge on any atom is 0.194 e. The van der Waals surface area contributed by atoms with Crippen molar-refractivity contribution in [3.05, 3.63) is 34.1 Å². The van der Waals surface area contributed by atoms with E-state index in [1.807, 2.05) is 0 Å². The lowest BCUT2D eigenvalue weighted by atomic mass is 10.0. The maximum atomic E-state index is 13.4. The summed E-state index contributed by atoms with van der Waals surface area (Å²) in [5.74, 6) is -0.745. The van der Waals surface area contributed by atoms with Crippen molar-refractivity contribution < 1.29 is 13.9 Å². The van der Waals surface area contributed by atoms with E-state index in [9.17, 15) is 9.18 Å². The van der Waals surface area contributed by atoms with E-state index in [-0.39, 0.29) is 11.3 Å². The van der Waals surface area contributed by atoms with E-state index in [2.05, 4.69) is 15.9 Å². The van der Waals surface area contributed by atoms with Gasteiger partial charge in [-0.05, 0) is 31.0 Å². The Hall–Kier alpha value is -0.740. The van der Waals surface area contributed by atoms with Gasteiger partial charge in [0.1, 0.15) is 11.9 Å². The van der Waals surface area contributed by atoms with Crippen molar-refractivity contribution in [3.8, 4) is 0 Å². The van der Waals surface area contributed by atoms with Gasteiger partial charge in [-0.1, -0.05) is 15.9 Å². The molecule has 0 saturated carbocycles. The van der Waals surface area contributed by atoms with E-state index in [0.29, 0.717) is 17.5 Å². The Labute approximate surface area is 95.6 Å². The Bertz CT molecular complexity index is 386. The minimum Gasteiger partial charge on any atom is -0.370 e. The topological polar surface area (TPSA) is 26.3 Å². The smallest absolute Gasteiger partial charge is 0.194 e. The molecule has 1 atom stereocenters. The average Bonchev–Trinajstić information content (AvgIpc) is 2.74. The van der Waals surface area contributed by atoms with Crippen LogP contribution in [0.5, 0.6) is 0 Å². The molecule has 1 aromatic carbocycles. The number of benzene rings is 1. The third-order valence-corrected chi connectivity index (χ3v) is 2.91. The van der Waals surface area contributed by atoms with Gasteiger partial charge in [-0.3, -0.25) is 4.79 Å². The average molecular weight is 273 g/mol. The first-order valence-electron chi connectivity index (χ1n) is 4.79. The molecule has 0 amide bonds. The molecule has 1 unspecified atom stereocenters. The zero-order chi connectivity index (χ0) is 10.8. The molecule has 1 aromatic rings. The number of carbonyl (C=O) groups excluding carboxylic acids is 1. The van der Waals surface area contributed by atoms with Crippen LogP contribution in [0.3, 0.4) is 0 Å². The minimum atomic E-state index is -0.487. The summed E-state index contributed by atoms with van der Waals surface area (Å²) < 4.78 is 19.3. The first-order chi connectivity index (χ1) is 7.18. The summed E-state index contributed by atoms with van der Waals surface area (Å²) in [5.41, 5.74) is 0.108. The van der Waals surface area contributed by atoms with E-state index < -0.39 is 11.9 Å². The number of ether oxygens (including phenoxy) is 1. The van der Waals surface area contributed by atoms with Gasteiger partial charge in [0.05, 0.1) is 5.56 Å². The molecule has 1 aliphatic rings. The fourth-order valence-corrected chi connectivity index (χ4v) is 2.01. The van der Waals surface area contributed by atoms with Crippen LogP contribution < -0.4 is 0 Å². The van der Waals surface area contributed by atoms with Crippen LogP contribution >= 0.6 is 15.9 Å². The minimum absolute atomic E-state index is 0.108. The Kier molecular flexibility index (Phi) is 3.17. The molecule has 1 saturated heterocycles. The van der Waals surface area contributed by atoms with Gasteiger partial charge in [-0.25, -0.2) is 4.39 Å². The van der Waals surface area contributed by atoms with Crippen LogP contribution in [-0.4, -0.2) is 18.5 Å². The van der Waals surface area contributed by atoms with E-state index in [1.165, 1.54) is 12.1 Å². The van der Waals surface area contributed by atoms with Crippen molar-refractivity contribution in [1.82, 2.24) is 0 Å². The van der Waals surface area contributed by atoms with Crippen molar-refractivity contribution in [2.75, 3.05) is 6.61 Å². The lowest BCUT2D eigenvalue weighted by Gasteiger charge is -2.09. The third-order valence-electron chi connectivity index (χ3n) is 2.42. The predicted octanol–water partition coefficient (Wildman–Crippen LogP) is 2.95. The molecular formula is C11H10BrFO2. The van der Waals surface area contributed by atoms with Gasteiger partial charge >= 0.3 is 0 Å². The van der Waals surface area contributed by atoms with Gasteiger partial charge in [0.2, 0.25) is 0 Å². The summed E-state index contributed by atoms with van der Waals surface area (Å²) in [6.45, 7) is 0.589. The van der Waals surface area contributed by atoms with Gasteiger partial charge in [0, 0.05) is 11.1 Å². The van der Waals surface area contributed by atoms with Crippen LogP contribution in [0, 0.1) is 5.82 Å². The highest BCUT2D eigenvalue weighted by atomic mass is 79.9. The molecule has 4 heteroatoms. The summed E-state index contributed by atoms with van der Waals surface area (Å²) in [5, 5.41) is 0. The summed E-state index contributed by atoms with van der Waals surface area (Å²) in [7, 11) is 0. The Morgan fingerprint density at radius 2 is 2.33 bits per heavy atom. The fourth-order valence-electron chi connectivity index (χ4n) is 1.64. The molecule has 0 radical (unpaired) electrons. The zero-order valence-electron chi connectivity index (χ0n) is 8.00. The normalized spacial score (nSPS) is 20.5. The second-order valence-electron chi connectivity index (χ2n) is 3.49. The molecule has 15 heavy (non-hydrogen) atoms. The molecule has 80 valence electrons. The molecule has 1 fully saturated rings. The standard InChI is InChI=1S/C11H10BrFO2/c12-7-3-4-9(13)8(6-7)11(14)10-2-1-5-15-10/h3-4,6,10H,1-2,5H2. The van der Waals surface area contributed by atoms with Crippen LogP contribution in [0.1, 0.15) is 23.2 Å². The molecule has 2 nitrogen and oxygen atoms in total. The van der Waals surface area contributed by atoms with Gasteiger partial charge in [-0.15, -0.1) is 0 Å². The Balaban J connectivity index is 2.27. The highest BCUT2D eigenvalue weighted by Crippen LogP contribution is 2.21. The first kappa shape index (κ1) is 10.8. The second-order valence-corrected chi connectivity index (χ2v) is 4.41. The van der Waals surface area contributed by atoms with Gasteiger partial charge in [-0.2, -0.15) is 0 Å². The summed E-state index contributed by atoms with van der Waals surface area (Å²) in [6.07, 6.45) is 1.09. The van der Waals surface area contributed by atoms with E-state index in [1.54, 1.807) is 6.07 Å². The molecule has 0 aromatic heterocycles. The highest BCUT2D eigenvalue weighted by molar-refractivity contribution is 9.10. The van der Waals surface area contributed by atoms with Gasteiger partial charge < -0.3 is 4.74 Å². The van der Waals surface area contributed by atoms with Crippen LogP contribution in [0.15, 0.2) is 22.7 Å². The quantitative estimate of drug-likeness (QED) is 0.774. The van der Waals surface area contributed by atoms with Crippen LogP contribution in [0.25, 0.3) is 0 Å². The lowest BCUT2D eigenvalue weighted by Crippen LogP contribution is -2.20. The third kappa shape index (κ3) is 2.26. The van der Waals surface area contributed by atoms with Crippen LogP contribution in [0.4, 0.5) is 4.39 Å². The number of halogens is 2. The Morgan fingerprint density at radius 1 is 1.53 bits per heavy atom. The van der Waals surface area contributed by atoms with E-state index in [0.717, 1.165) is 6.42 Å². The molecule has 0 bridgehead atoms. The van der Waals surface area contributed by atoms with Crippen molar-refractivity contribution in [2.45, 2.75) is 18.9 Å². The van der Waals surface area contributed by atoms with Crippen molar-refractivity contribution in [3.63, 3.8) is 0 Å². The molecule has 0 spiro atoms. The molecule has 0 N–H and O–H groups in total. The predicted molar refractivity (Wildman–Crippen MR) is 57.4 cm³/mol. The van der Waals surface area contributed by atoms with Gasteiger partial charge in [0.15, 0.2) is 5.78 Å². The maximum absolute atomic E-state index is 13.4. The van der Waals surface area contributed by atoms with Gasteiger partial charge in [0.25, 0.3) is 0 Å². The van der Waals surface area contributed by atoms with Crippen LogP contribution in [-0.2, 0) is 4.74 Å². The molecule has 0 aliphatic carbocycles. The van der Waals surface area contributed by atoms with E-state index >= 15 is 0 Å². The monoisotopic (exact) mass is 272 g/mol. The number of hydrogen-bond donors (Lipinski definition) is 0. The second kappa shape index (κ2) is 4.41. The summed E-state index contributed by atoms with van der Waals surface area (Å²) in [4.78, 5) is 11.8. The van der Waals surface area contributed by atoms with E-state index in [4.69, 9.17) is 4.74 Å². The first-order valence-corrected chi connectivity index (χ1v) is 5.58. The molecule has 1 aliphatic heterocycles. The summed E-state index contributed by atoms with van der Waals surface area (Å²) in [6, 6.07) is 4.35. The van der Waals surface area contributed by atoms with Crippen molar-refractivity contribution in [2.24, 2.45) is 0 Å². The number of carbonyl (C=O) groups is 1. The molecular weight excluding hydrogens is 263 g/mol. The Morgan fingerprint density at radius 3 is 3.00 bits per heavy atom. The molecule has 2 rings (SSSR count). The lowest BCUT2D eigenvalue weighted by molar-refractivity contribution is 0.0638.